The van der Waals surface area contributed by atoms with E-state index in [1.54, 1.807) is 15.8 Å². The molecule has 6 nitrogen and oxygen atoms in total. The van der Waals surface area contributed by atoms with Gasteiger partial charge in [-0.3, -0.25) is 19.3 Å². The lowest BCUT2D eigenvalue weighted by atomic mass is 9.79. The lowest BCUT2D eigenvalue weighted by Gasteiger charge is -2.47. The summed E-state index contributed by atoms with van der Waals surface area (Å²) in [6, 6.07) is 1.25. The molecule has 2 atom stereocenters. The molecular formula is C26H31N3O3S. The van der Waals surface area contributed by atoms with Crippen molar-refractivity contribution in [2.45, 2.75) is 59.0 Å². The fraction of sp³-hybridized carbons (Fsp3) is 0.462. The van der Waals surface area contributed by atoms with E-state index >= 15 is 0 Å². The van der Waals surface area contributed by atoms with Gasteiger partial charge in [0.05, 0.1) is 6.04 Å². The maximum Gasteiger partial charge on any atom is 0.278 e. The molecule has 2 unspecified atom stereocenters. The molecule has 0 saturated heterocycles. The van der Waals surface area contributed by atoms with E-state index in [2.05, 4.69) is 37.1 Å². The number of carbonyl (C=O) groups excluding carboxylic acids is 1. The molecule has 0 bridgehead atoms. The summed E-state index contributed by atoms with van der Waals surface area (Å²) in [5, 5.41) is 12.9. The van der Waals surface area contributed by atoms with Crippen LogP contribution in [0.15, 0.2) is 62.5 Å². The number of fused-ring (bicyclic) bond motifs is 1. The Hall–Kier alpha value is -2.67. The highest BCUT2D eigenvalue weighted by Gasteiger charge is 2.42. The zero-order valence-corrected chi connectivity index (χ0v) is 20.5. The van der Waals surface area contributed by atoms with Crippen molar-refractivity contribution >= 4 is 17.7 Å². The number of carbonyl (C=O) groups is 1. The first-order chi connectivity index (χ1) is 15.8. The highest BCUT2D eigenvalue weighted by atomic mass is 32.2. The van der Waals surface area contributed by atoms with E-state index in [4.69, 9.17) is 0 Å². The second kappa shape index (κ2) is 8.28. The van der Waals surface area contributed by atoms with E-state index in [-0.39, 0.29) is 23.7 Å². The Bertz CT molecular complexity index is 1200. The van der Waals surface area contributed by atoms with Crippen LogP contribution in [0.5, 0.6) is 5.75 Å². The van der Waals surface area contributed by atoms with Crippen molar-refractivity contribution in [2.75, 3.05) is 17.4 Å². The number of aromatic hydroxyl groups is 1. The van der Waals surface area contributed by atoms with Crippen LogP contribution in [0.25, 0.3) is 0 Å². The van der Waals surface area contributed by atoms with Gasteiger partial charge in [0.2, 0.25) is 5.43 Å². The van der Waals surface area contributed by atoms with Gasteiger partial charge in [0, 0.05) is 29.0 Å². The Kier molecular flexibility index (Phi) is 5.55. The molecule has 0 aromatic carbocycles. The average molecular weight is 466 g/mol. The topological polar surface area (TPSA) is 65.8 Å². The number of rotatable bonds is 2. The number of pyridine rings is 1. The van der Waals surface area contributed by atoms with E-state index in [1.165, 1.54) is 33.3 Å². The van der Waals surface area contributed by atoms with Crippen LogP contribution in [0.4, 0.5) is 0 Å². The molecule has 7 heteroatoms. The summed E-state index contributed by atoms with van der Waals surface area (Å²) in [6.07, 6.45) is 11.5. The van der Waals surface area contributed by atoms with Crippen LogP contribution in [-0.4, -0.2) is 45.1 Å². The van der Waals surface area contributed by atoms with E-state index in [0.29, 0.717) is 12.6 Å². The number of hydrogen-bond donors (Lipinski definition) is 1. The smallest absolute Gasteiger partial charge is 0.278 e. The molecule has 3 heterocycles. The predicted octanol–water partition coefficient (Wildman–Crippen LogP) is 4.32. The first-order valence-electron chi connectivity index (χ1n) is 11.7. The fourth-order valence-electron chi connectivity index (χ4n) is 5.44. The van der Waals surface area contributed by atoms with Crippen LogP contribution in [0.3, 0.4) is 0 Å². The molecule has 2 aliphatic carbocycles. The van der Waals surface area contributed by atoms with Gasteiger partial charge in [-0.05, 0) is 68.2 Å². The number of amides is 1. The van der Waals surface area contributed by atoms with Crippen LogP contribution in [-0.2, 0) is 0 Å². The zero-order valence-electron chi connectivity index (χ0n) is 19.7. The Morgan fingerprint density at radius 3 is 2.79 bits per heavy atom. The number of allylic oxidation sites excluding steroid dienone is 4. The summed E-state index contributed by atoms with van der Waals surface area (Å²) < 4.78 is 1.74. The van der Waals surface area contributed by atoms with Crippen LogP contribution in [0.2, 0.25) is 0 Å². The molecule has 1 aromatic rings. The van der Waals surface area contributed by atoms with Gasteiger partial charge in [-0.25, -0.2) is 0 Å². The number of hydrogen-bond acceptors (Lipinski definition) is 5. The largest absolute Gasteiger partial charge is 0.502 e. The minimum atomic E-state index is -0.526. The summed E-state index contributed by atoms with van der Waals surface area (Å²) in [4.78, 5) is 28.8. The first-order valence-corrected chi connectivity index (χ1v) is 12.7. The molecule has 0 radical (unpaired) electrons. The van der Waals surface area contributed by atoms with Crippen LogP contribution in [0.1, 0.15) is 57.4 Å². The van der Waals surface area contributed by atoms with Crippen LogP contribution < -0.4 is 10.4 Å². The van der Waals surface area contributed by atoms with Crippen molar-refractivity contribution in [1.82, 2.24) is 9.58 Å². The second-order valence-corrected chi connectivity index (χ2v) is 10.6. The van der Waals surface area contributed by atoms with Crippen molar-refractivity contribution in [1.29, 1.82) is 0 Å². The van der Waals surface area contributed by atoms with E-state index in [9.17, 15) is 14.7 Å². The molecule has 0 spiro atoms. The van der Waals surface area contributed by atoms with Crippen LogP contribution in [0, 0.1) is 5.92 Å². The minimum absolute atomic E-state index is 0.0383. The highest BCUT2D eigenvalue weighted by Crippen LogP contribution is 2.47. The van der Waals surface area contributed by atoms with Gasteiger partial charge in [-0.1, -0.05) is 25.2 Å². The SMILES string of the molecule is CC1=CCC(C)C2=C1SCC1=C(CCC=C1)C2N1CN(C(C)C)C(=O)c2c(O)c(=O)ccn21. The van der Waals surface area contributed by atoms with Gasteiger partial charge >= 0.3 is 0 Å². The standard InChI is InChI=1S/C26H31N3O3S/c1-15(2)27-14-29(28-12-11-20(30)24(31)23(28)26(27)32)22-19-8-6-5-7-18(19)13-33-25-17(4)10-9-16(3)21(22)25/h5,7,10-12,15-16,22,31H,6,8-9,13-14H2,1-4H3. The molecule has 2 aliphatic heterocycles. The molecule has 4 aliphatic rings. The van der Waals surface area contributed by atoms with Gasteiger partial charge in [-0.2, -0.15) is 0 Å². The third kappa shape index (κ3) is 3.48. The number of nitrogens with zero attached hydrogens (tertiary/aromatic N) is 3. The third-order valence-electron chi connectivity index (χ3n) is 7.25. The lowest BCUT2D eigenvalue weighted by molar-refractivity contribution is 0.0623. The quantitative estimate of drug-likeness (QED) is 0.705. The van der Waals surface area contributed by atoms with E-state index in [1.807, 2.05) is 25.6 Å². The normalized spacial score (nSPS) is 25.1. The Labute approximate surface area is 198 Å². The molecule has 0 fully saturated rings. The predicted molar refractivity (Wildman–Crippen MR) is 133 cm³/mol. The van der Waals surface area contributed by atoms with Crippen molar-refractivity contribution in [3.63, 3.8) is 0 Å². The van der Waals surface area contributed by atoms with Gasteiger partial charge < -0.3 is 10.0 Å². The van der Waals surface area contributed by atoms with Crippen molar-refractivity contribution in [3.05, 3.63) is 73.6 Å². The van der Waals surface area contributed by atoms with Gasteiger partial charge in [-0.15, -0.1) is 11.8 Å². The second-order valence-electron chi connectivity index (χ2n) is 9.66. The summed E-state index contributed by atoms with van der Waals surface area (Å²) in [5.74, 6) is 0.516. The Morgan fingerprint density at radius 2 is 2.03 bits per heavy atom. The Morgan fingerprint density at radius 1 is 1.24 bits per heavy atom. The van der Waals surface area contributed by atoms with Crippen molar-refractivity contribution in [2.24, 2.45) is 5.92 Å². The maximum absolute atomic E-state index is 13.3. The summed E-state index contributed by atoms with van der Waals surface area (Å²) in [6.45, 7) is 8.83. The zero-order chi connectivity index (χ0) is 23.4. The molecule has 1 aromatic heterocycles. The molecule has 174 valence electrons. The van der Waals surface area contributed by atoms with Crippen molar-refractivity contribution in [3.8, 4) is 5.75 Å². The average Bonchev–Trinajstić information content (AvgIpc) is 2.97. The van der Waals surface area contributed by atoms with Gasteiger partial charge in [0.25, 0.3) is 5.91 Å². The molecule has 1 amide bonds. The molecule has 0 saturated carbocycles. The van der Waals surface area contributed by atoms with Gasteiger partial charge in [0.1, 0.15) is 6.67 Å². The minimum Gasteiger partial charge on any atom is -0.502 e. The molecular weight excluding hydrogens is 434 g/mol. The summed E-state index contributed by atoms with van der Waals surface area (Å²) >= 11 is 1.91. The van der Waals surface area contributed by atoms with Crippen LogP contribution >= 0.6 is 11.8 Å². The van der Waals surface area contributed by atoms with E-state index < -0.39 is 11.2 Å². The molecule has 33 heavy (non-hydrogen) atoms. The third-order valence-corrected chi connectivity index (χ3v) is 8.55. The lowest BCUT2D eigenvalue weighted by Crippen LogP contribution is -2.60. The van der Waals surface area contributed by atoms with Crippen molar-refractivity contribution < 1.29 is 9.90 Å². The number of thioether (sulfide) groups is 1. The summed E-state index contributed by atoms with van der Waals surface area (Å²) in [5.41, 5.74) is 4.98. The number of aromatic nitrogens is 1. The monoisotopic (exact) mass is 465 g/mol. The maximum atomic E-state index is 13.3. The fourth-order valence-corrected chi connectivity index (χ4v) is 6.81. The summed E-state index contributed by atoms with van der Waals surface area (Å²) in [7, 11) is 0. The molecule has 5 rings (SSSR count). The Balaban J connectivity index is 1.78. The molecule has 1 N–H and O–H groups in total. The van der Waals surface area contributed by atoms with Gasteiger partial charge in [0.15, 0.2) is 11.4 Å². The van der Waals surface area contributed by atoms with E-state index in [0.717, 1.165) is 25.0 Å². The highest BCUT2D eigenvalue weighted by molar-refractivity contribution is 8.03. The first kappa shape index (κ1) is 22.1.